The maximum Gasteiger partial charge on any atom is 0.343 e. The fourth-order valence-electron chi connectivity index (χ4n) is 5.29. The van der Waals surface area contributed by atoms with Crippen LogP contribution in [-0.2, 0) is 19.9 Å². The van der Waals surface area contributed by atoms with Crippen LogP contribution in [-0.4, -0.2) is 69.2 Å². The second-order valence-electron chi connectivity index (χ2n) is 9.38. The number of hydrogen-bond donors (Lipinski definition) is 2. The molecule has 3 atom stereocenters. The highest BCUT2D eigenvalue weighted by molar-refractivity contribution is 5.89. The zero-order chi connectivity index (χ0) is 23.3. The zero-order valence-corrected chi connectivity index (χ0v) is 19.0. The van der Waals surface area contributed by atoms with E-state index in [2.05, 4.69) is 20.3 Å². The first-order valence-electron chi connectivity index (χ1n) is 11.6. The molecule has 33 heavy (non-hydrogen) atoms. The summed E-state index contributed by atoms with van der Waals surface area (Å²) in [7, 11) is 2.00. The van der Waals surface area contributed by atoms with Gasteiger partial charge >= 0.3 is 5.97 Å². The molecule has 9 heteroatoms. The largest absolute Gasteiger partial charge is 0.457 e. The number of anilines is 1. The summed E-state index contributed by atoms with van der Waals surface area (Å²) >= 11 is 0. The summed E-state index contributed by atoms with van der Waals surface area (Å²) in [6.07, 6.45) is 8.04. The lowest BCUT2D eigenvalue weighted by Gasteiger charge is -2.36. The monoisotopic (exact) mass is 454 g/mol. The summed E-state index contributed by atoms with van der Waals surface area (Å²) in [5, 5.41) is 14.3. The summed E-state index contributed by atoms with van der Waals surface area (Å²) in [5.74, 6) is -0.724. The Balaban J connectivity index is 1.42. The Hall–Kier alpha value is -2.91. The third-order valence-electron chi connectivity index (χ3n) is 7.22. The Morgan fingerprint density at radius 1 is 1.12 bits per heavy atom. The molecule has 2 aromatic rings. The lowest BCUT2D eigenvalue weighted by Crippen LogP contribution is -2.54. The number of nitrogens with zero attached hydrogens (tertiary/aromatic N) is 4. The van der Waals surface area contributed by atoms with Gasteiger partial charge in [-0.2, -0.15) is 0 Å². The van der Waals surface area contributed by atoms with E-state index in [1.165, 1.54) is 12.7 Å². The minimum absolute atomic E-state index is 0.0262. The maximum absolute atomic E-state index is 13.3. The minimum atomic E-state index is -1.64. The van der Waals surface area contributed by atoms with Crippen molar-refractivity contribution in [3.63, 3.8) is 0 Å². The number of likely N-dealkylation sites (tertiary alicyclic amines) is 1. The van der Waals surface area contributed by atoms with E-state index in [1.54, 1.807) is 12.1 Å². The van der Waals surface area contributed by atoms with E-state index in [0.29, 0.717) is 10.0 Å². The Morgan fingerprint density at radius 3 is 2.52 bits per heavy atom. The van der Waals surface area contributed by atoms with Gasteiger partial charge in [-0.05, 0) is 18.4 Å². The molecule has 3 unspecified atom stereocenters. The van der Waals surface area contributed by atoms with Crippen molar-refractivity contribution in [2.24, 2.45) is 5.92 Å². The molecule has 9 nitrogen and oxygen atoms in total. The first kappa shape index (κ1) is 23.3. The number of aliphatic hydroxyl groups is 1. The van der Waals surface area contributed by atoms with Gasteiger partial charge in [-0.3, -0.25) is 10.1 Å². The van der Waals surface area contributed by atoms with Gasteiger partial charge in [-0.25, -0.2) is 19.7 Å². The molecule has 1 aromatic carbocycles. The number of rotatable bonds is 8. The normalized spacial score (nSPS) is 24.8. The highest BCUT2D eigenvalue weighted by Crippen LogP contribution is 2.41. The molecule has 1 aliphatic carbocycles. The fraction of sp³-hybridized carbons (Fsp3) is 0.542. The zero-order valence-electron chi connectivity index (χ0n) is 19.0. The van der Waals surface area contributed by atoms with E-state index in [9.17, 15) is 14.7 Å². The molecule has 0 spiro atoms. The number of esters is 1. The molecule has 176 valence electrons. The van der Waals surface area contributed by atoms with Gasteiger partial charge in [0.05, 0.1) is 13.6 Å². The quantitative estimate of drug-likeness (QED) is 0.463. The van der Waals surface area contributed by atoms with Crippen LogP contribution in [0.3, 0.4) is 0 Å². The number of quaternary nitrogens is 1. The first-order valence-corrected chi connectivity index (χ1v) is 11.6. The van der Waals surface area contributed by atoms with Crippen molar-refractivity contribution in [2.45, 2.75) is 50.2 Å². The summed E-state index contributed by atoms with van der Waals surface area (Å²) in [6.45, 7) is 1.19. The average Bonchev–Trinajstić information content (AvgIpc) is 3.48. The molecule has 1 aromatic heterocycles. The molecule has 1 saturated carbocycles. The van der Waals surface area contributed by atoms with Crippen LogP contribution in [0.2, 0.25) is 0 Å². The summed E-state index contributed by atoms with van der Waals surface area (Å²) in [5.41, 5.74) is -1.06. The third-order valence-corrected chi connectivity index (χ3v) is 7.22. The molecule has 2 aliphatic rings. The van der Waals surface area contributed by atoms with Gasteiger partial charge in [-0.15, -0.1) is 0 Å². The van der Waals surface area contributed by atoms with Crippen LogP contribution in [0, 0.1) is 5.92 Å². The second-order valence-corrected chi connectivity index (χ2v) is 9.38. The molecule has 1 amide bonds. The van der Waals surface area contributed by atoms with Crippen LogP contribution >= 0.6 is 0 Å². The van der Waals surface area contributed by atoms with Crippen LogP contribution in [0.25, 0.3) is 0 Å². The van der Waals surface area contributed by atoms with Crippen LogP contribution in [0.15, 0.2) is 43.0 Å². The number of benzene rings is 1. The lowest BCUT2D eigenvalue weighted by molar-refractivity contribution is -0.913. The molecule has 2 fully saturated rings. The van der Waals surface area contributed by atoms with Crippen molar-refractivity contribution in [1.82, 2.24) is 15.0 Å². The van der Waals surface area contributed by atoms with E-state index in [-0.39, 0.29) is 37.0 Å². The highest BCUT2D eigenvalue weighted by Gasteiger charge is 2.49. The molecular weight excluding hydrogens is 422 g/mol. The third kappa shape index (κ3) is 5.04. The van der Waals surface area contributed by atoms with Crippen LogP contribution < -0.4 is 5.32 Å². The minimum Gasteiger partial charge on any atom is -0.457 e. The summed E-state index contributed by atoms with van der Waals surface area (Å²) < 4.78 is 6.24. The van der Waals surface area contributed by atoms with E-state index < -0.39 is 11.6 Å². The van der Waals surface area contributed by atoms with E-state index in [0.717, 1.165) is 45.1 Å². The van der Waals surface area contributed by atoms with Gasteiger partial charge in [0, 0.05) is 18.8 Å². The Bertz CT molecular complexity index is 954. The smallest absolute Gasteiger partial charge is 0.343 e. The Labute approximate surface area is 193 Å². The molecule has 0 bridgehead atoms. The number of ether oxygens (including phenoxy) is 1. The number of aromatic nitrogens is 3. The predicted octanol–water partition coefficient (Wildman–Crippen LogP) is 2.04. The van der Waals surface area contributed by atoms with Gasteiger partial charge in [0.15, 0.2) is 12.1 Å². The topological polar surface area (TPSA) is 114 Å². The summed E-state index contributed by atoms with van der Waals surface area (Å²) in [6, 6.07) is 9.09. The predicted molar refractivity (Wildman–Crippen MR) is 121 cm³/mol. The first-order chi connectivity index (χ1) is 15.9. The molecule has 1 aliphatic heterocycles. The Morgan fingerprint density at radius 2 is 1.82 bits per heavy atom. The molecule has 4 rings (SSSR count). The van der Waals surface area contributed by atoms with Crippen molar-refractivity contribution in [1.29, 1.82) is 0 Å². The van der Waals surface area contributed by atoms with Crippen LogP contribution in [0.4, 0.5) is 5.95 Å². The second kappa shape index (κ2) is 9.93. The van der Waals surface area contributed by atoms with E-state index >= 15 is 0 Å². The van der Waals surface area contributed by atoms with Crippen molar-refractivity contribution in [2.75, 3.05) is 32.1 Å². The molecule has 0 radical (unpaired) electrons. The fourth-order valence-corrected chi connectivity index (χ4v) is 5.29. The maximum atomic E-state index is 13.3. The van der Waals surface area contributed by atoms with Crippen molar-refractivity contribution < 1.29 is 23.9 Å². The lowest BCUT2D eigenvalue weighted by atomic mass is 9.80. The number of amides is 1. The van der Waals surface area contributed by atoms with Crippen molar-refractivity contribution in [3.8, 4) is 0 Å². The average molecular weight is 455 g/mol. The van der Waals surface area contributed by atoms with Gasteiger partial charge in [0.1, 0.15) is 25.3 Å². The Kier molecular flexibility index (Phi) is 6.99. The van der Waals surface area contributed by atoms with Crippen molar-refractivity contribution >= 4 is 17.8 Å². The standard InChI is InChI=1S/C24H31N5O4/c1-29(14-21(30)28-23-26-16-25-17-27-23)13-7-12-20(29)15-33-22(31)24(32,19-10-5-6-11-19)18-8-3-2-4-9-18/h2-4,8-9,16-17,19-20,32H,5-7,10-15H2,1H3/p+1. The molecule has 2 heterocycles. The van der Waals surface area contributed by atoms with Crippen LogP contribution in [0.5, 0.6) is 0 Å². The number of hydrogen-bond acceptors (Lipinski definition) is 7. The number of nitrogens with one attached hydrogen (secondary N) is 1. The van der Waals surface area contributed by atoms with Gasteiger partial charge in [0.2, 0.25) is 5.95 Å². The van der Waals surface area contributed by atoms with Crippen LogP contribution in [0.1, 0.15) is 44.1 Å². The molecule has 2 N–H and O–H groups in total. The number of carbonyl (C=O) groups excluding carboxylic acids is 2. The molecule has 1 saturated heterocycles. The highest BCUT2D eigenvalue weighted by atomic mass is 16.6. The van der Waals surface area contributed by atoms with Gasteiger partial charge < -0.3 is 14.3 Å². The molecular formula is C24H32N5O4+. The van der Waals surface area contributed by atoms with E-state index in [1.807, 2.05) is 25.2 Å². The number of carbonyl (C=O) groups is 2. The van der Waals surface area contributed by atoms with Crippen molar-refractivity contribution in [3.05, 3.63) is 48.5 Å². The van der Waals surface area contributed by atoms with Gasteiger partial charge in [0.25, 0.3) is 5.91 Å². The summed E-state index contributed by atoms with van der Waals surface area (Å²) in [4.78, 5) is 37.5. The van der Waals surface area contributed by atoms with Gasteiger partial charge in [-0.1, -0.05) is 43.2 Å². The number of likely N-dealkylation sites (N-methyl/N-ethyl adjacent to an activating group) is 1. The van der Waals surface area contributed by atoms with E-state index in [4.69, 9.17) is 4.74 Å². The SMILES string of the molecule is C[N+]1(CC(=O)Nc2ncncn2)CCCC1COC(=O)C(O)(c1ccccc1)C1CCCC1.